The summed E-state index contributed by atoms with van der Waals surface area (Å²) in [5.41, 5.74) is 1.06. The van der Waals surface area contributed by atoms with Gasteiger partial charge in [0.05, 0.1) is 24.7 Å². The van der Waals surface area contributed by atoms with E-state index in [2.05, 4.69) is 6.58 Å². The molecule has 3 aliphatic rings. The quantitative estimate of drug-likeness (QED) is 0.421. The zero-order valence-electron chi connectivity index (χ0n) is 16.2. The van der Waals surface area contributed by atoms with Gasteiger partial charge in [-0.05, 0) is 31.6 Å². The summed E-state index contributed by atoms with van der Waals surface area (Å²) in [4.78, 5) is 35.4. The van der Waals surface area contributed by atoms with Crippen molar-refractivity contribution in [1.29, 1.82) is 0 Å². The minimum Gasteiger partial charge on any atom is -0.469 e. The van der Waals surface area contributed by atoms with Crippen LogP contribution in [0.4, 0.5) is 0 Å². The first kappa shape index (κ1) is 19.5. The van der Waals surface area contributed by atoms with Crippen LogP contribution in [0.15, 0.2) is 24.0 Å². The van der Waals surface area contributed by atoms with Crippen molar-refractivity contribution in [2.75, 3.05) is 13.7 Å². The van der Waals surface area contributed by atoms with Gasteiger partial charge in [0.2, 0.25) is 6.29 Å². The number of rotatable bonds is 4. The second-order valence-corrected chi connectivity index (χ2v) is 7.74. The number of methoxy groups -OCH3 is 1. The van der Waals surface area contributed by atoms with E-state index in [1.165, 1.54) is 27.2 Å². The molecule has 0 aromatic carbocycles. The monoisotopic (exact) mass is 378 g/mol. The van der Waals surface area contributed by atoms with Crippen molar-refractivity contribution in [3.8, 4) is 0 Å². The van der Waals surface area contributed by atoms with Gasteiger partial charge < -0.3 is 18.9 Å². The van der Waals surface area contributed by atoms with Crippen LogP contribution in [0.5, 0.6) is 0 Å². The number of esters is 3. The largest absolute Gasteiger partial charge is 0.469 e. The van der Waals surface area contributed by atoms with E-state index in [9.17, 15) is 14.4 Å². The highest BCUT2D eigenvalue weighted by molar-refractivity contribution is 5.81. The normalized spacial score (nSPS) is 36.8. The molecule has 7 nitrogen and oxygen atoms in total. The van der Waals surface area contributed by atoms with E-state index < -0.39 is 23.6 Å². The minimum atomic E-state index is -0.803. The standard InChI is InChI=1S/C20H26O7/c1-10-6-7-14-17(20(14,4)19(23)24-5)16-13(8-25-11(2)21)9-26-18(15(10)16)27-12(3)22/h9,14-18H,1,6-8H2,2-5H3. The van der Waals surface area contributed by atoms with Gasteiger partial charge in [0, 0.05) is 25.3 Å². The van der Waals surface area contributed by atoms with Crippen LogP contribution in [0.2, 0.25) is 0 Å². The Morgan fingerprint density at radius 2 is 1.96 bits per heavy atom. The molecule has 7 heteroatoms. The first-order valence-electron chi connectivity index (χ1n) is 9.12. The minimum absolute atomic E-state index is 0.0158. The number of fused-ring (bicyclic) bond motifs is 3. The lowest BCUT2D eigenvalue weighted by atomic mass is 9.75. The molecule has 2 fully saturated rings. The van der Waals surface area contributed by atoms with E-state index in [-0.39, 0.29) is 36.2 Å². The van der Waals surface area contributed by atoms with Crippen LogP contribution in [0.1, 0.15) is 33.6 Å². The van der Waals surface area contributed by atoms with Crippen molar-refractivity contribution in [2.24, 2.45) is 29.1 Å². The SMILES string of the molecule is C=C1CCC2C(C3C(COC(C)=O)=COC(OC(C)=O)C13)C2(C)C(=O)OC. The Kier molecular flexibility index (Phi) is 5.06. The van der Waals surface area contributed by atoms with Gasteiger partial charge in [0.25, 0.3) is 0 Å². The fraction of sp³-hybridized carbons (Fsp3) is 0.650. The van der Waals surface area contributed by atoms with Crippen molar-refractivity contribution in [3.05, 3.63) is 24.0 Å². The van der Waals surface area contributed by atoms with Crippen molar-refractivity contribution in [1.82, 2.24) is 0 Å². The Balaban J connectivity index is 1.99. The van der Waals surface area contributed by atoms with E-state index in [4.69, 9.17) is 18.9 Å². The molecule has 0 spiro atoms. The molecule has 2 saturated carbocycles. The number of hydrogen-bond acceptors (Lipinski definition) is 7. The van der Waals surface area contributed by atoms with Crippen molar-refractivity contribution >= 4 is 17.9 Å². The average molecular weight is 378 g/mol. The second-order valence-electron chi connectivity index (χ2n) is 7.74. The maximum Gasteiger partial charge on any atom is 0.312 e. The molecule has 0 radical (unpaired) electrons. The zero-order valence-corrected chi connectivity index (χ0v) is 16.2. The summed E-state index contributed by atoms with van der Waals surface area (Å²) < 4.78 is 21.3. The number of hydrogen-bond donors (Lipinski definition) is 0. The molecule has 3 rings (SSSR count). The highest BCUT2D eigenvalue weighted by Crippen LogP contribution is 2.70. The molecule has 0 aromatic rings. The van der Waals surface area contributed by atoms with E-state index in [1.54, 1.807) is 0 Å². The van der Waals surface area contributed by atoms with Gasteiger partial charge in [-0.2, -0.15) is 0 Å². The van der Waals surface area contributed by atoms with Crippen LogP contribution in [-0.2, 0) is 33.3 Å². The summed E-state index contributed by atoms with van der Waals surface area (Å²) in [7, 11) is 1.39. The highest BCUT2D eigenvalue weighted by atomic mass is 16.7. The van der Waals surface area contributed by atoms with Crippen LogP contribution in [-0.4, -0.2) is 37.9 Å². The molecule has 1 heterocycles. The summed E-state index contributed by atoms with van der Waals surface area (Å²) in [5.74, 6) is -1.45. The maximum absolute atomic E-state index is 12.5. The molecule has 1 aliphatic heterocycles. The Bertz CT molecular complexity index is 709. The van der Waals surface area contributed by atoms with Gasteiger partial charge in [-0.15, -0.1) is 0 Å². The highest BCUT2D eigenvalue weighted by Gasteiger charge is 2.72. The molecular formula is C20H26O7. The van der Waals surface area contributed by atoms with Crippen LogP contribution < -0.4 is 0 Å². The zero-order chi connectivity index (χ0) is 19.9. The van der Waals surface area contributed by atoms with Crippen LogP contribution in [0.3, 0.4) is 0 Å². The van der Waals surface area contributed by atoms with E-state index in [1.807, 2.05) is 6.92 Å². The van der Waals surface area contributed by atoms with E-state index >= 15 is 0 Å². The molecule has 6 unspecified atom stereocenters. The lowest BCUT2D eigenvalue weighted by Crippen LogP contribution is -2.41. The van der Waals surface area contributed by atoms with Crippen LogP contribution >= 0.6 is 0 Å². The molecule has 2 aliphatic carbocycles. The third kappa shape index (κ3) is 3.24. The van der Waals surface area contributed by atoms with Gasteiger partial charge in [0.15, 0.2) is 0 Å². The average Bonchev–Trinajstić information content (AvgIpc) is 3.25. The Morgan fingerprint density at radius 3 is 2.56 bits per heavy atom. The third-order valence-corrected chi connectivity index (χ3v) is 6.23. The summed E-state index contributed by atoms with van der Waals surface area (Å²) in [6.45, 7) is 8.84. The van der Waals surface area contributed by atoms with E-state index in [0.717, 1.165) is 17.6 Å². The molecule has 0 N–H and O–H groups in total. The van der Waals surface area contributed by atoms with Crippen molar-refractivity contribution < 1.29 is 33.3 Å². The van der Waals surface area contributed by atoms with Crippen molar-refractivity contribution in [2.45, 2.75) is 39.9 Å². The molecule has 0 bridgehead atoms. The summed E-state index contributed by atoms with van der Waals surface area (Å²) in [5, 5.41) is 0. The predicted molar refractivity (Wildman–Crippen MR) is 93.8 cm³/mol. The van der Waals surface area contributed by atoms with Gasteiger partial charge in [-0.1, -0.05) is 12.2 Å². The molecule has 6 atom stereocenters. The molecule has 27 heavy (non-hydrogen) atoms. The summed E-state index contributed by atoms with van der Waals surface area (Å²) in [6.07, 6.45) is 2.21. The Labute approximate surface area is 158 Å². The number of carbonyl (C=O) groups is 3. The van der Waals surface area contributed by atoms with Gasteiger partial charge in [-0.3, -0.25) is 14.4 Å². The number of ether oxygens (including phenoxy) is 4. The molecule has 0 amide bonds. The lowest BCUT2D eigenvalue weighted by molar-refractivity contribution is -0.181. The second kappa shape index (κ2) is 7.02. The summed E-state index contributed by atoms with van der Waals surface area (Å²) in [6, 6.07) is 0. The molecule has 0 aromatic heterocycles. The number of carbonyl (C=O) groups excluding carboxylic acids is 3. The smallest absolute Gasteiger partial charge is 0.312 e. The fourth-order valence-corrected chi connectivity index (χ4v) is 4.95. The van der Waals surface area contributed by atoms with Crippen LogP contribution in [0, 0.1) is 29.1 Å². The molecule has 0 saturated heterocycles. The Hall–Kier alpha value is -2.31. The first-order valence-corrected chi connectivity index (χ1v) is 9.12. The van der Waals surface area contributed by atoms with E-state index in [0.29, 0.717) is 6.42 Å². The maximum atomic E-state index is 12.5. The van der Waals surface area contributed by atoms with Gasteiger partial charge >= 0.3 is 17.9 Å². The lowest BCUT2D eigenvalue weighted by Gasteiger charge is -2.38. The third-order valence-electron chi connectivity index (χ3n) is 6.23. The first-order chi connectivity index (χ1) is 12.7. The Morgan fingerprint density at radius 1 is 1.26 bits per heavy atom. The summed E-state index contributed by atoms with van der Waals surface area (Å²) >= 11 is 0. The molecule has 148 valence electrons. The predicted octanol–water partition coefficient (Wildman–Crippen LogP) is 2.36. The van der Waals surface area contributed by atoms with Crippen molar-refractivity contribution in [3.63, 3.8) is 0 Å². The fourth-order valence-electron chi connectivity index (χ4n) is 4.95. The topological polar surface area (TPSA) is 88.1 Å². The van der Waals surface area contributed by atoms with Gasteiger partial charge in [-0.25, -0.2) is 0 Å². The van der Waals surface area contributed by atoms with Gasteiger partial charge in [0.1, 0.15) is 6.61 Å². The molecular weight excluding hydrogens is 352 g/mol. The van der Waals surface area contributed by atoms with Crippen LogP contribution in [0.25, 0.3) is 0 Å².